The Morgan fingerprint density at radius 2 is 2.04 bits per heavy atom. The molecule has 1 amide bonds. The molecule has 1 aliphatic carbocycles. The Morgan fingerprint density at radius 1 is 1.31 bits per heavy atom. The Labute approximate surface area is 153 Å². The van der Waals surface area contributed by atoms with Gasteiger partial charge < -0.3 is 19.2 Å². The van der Waals surface area contributed by atoms with Crippen molar-refractivity contribution >= 4 is 11.6 Å². The van der Waals surface area contributed by atoms with Gasteiger partial charge in [0, 0.05) is 36.3 Å². The van der Waals surface area contributed by atoms with Gasteiger partial charge in [-0.25, -0.2) is 0 Å². The average molecular weight is 357 g/mol. The van der Waals surface area contributed by atoms with E-state index in [4.69, 9.17) is 9.47 Å². The number of fused-ring (bicyclic) bond motifs is 1. The van der Waals surface area contributed by atoms with Crippen LogP contribution in [0.25, 0.3) is 5.65 Å². The zero-order valence-corrected chi connectivity index (χ0v) is 15.7. The molecule has 0 aromatic carbocycles. The van der Waals surface area contributed by atoms with E-state index in [1.54, 1.807) is 0 Å². The summed E-state index contributed by atoms with van der Waals surface area (Å²) in [7, 11) is 0. The van der Waals surface area contributed by atoms with E-state index < -0.39 is 0 Å². The fourth-order valence-corrected chi connectivity index (χ4v) is 3.68. The second-order valence-corrected chi connectivity index (χ2v) is 8.04. The molecule has 1 saturated heterocycles. The van der Waals surface area contributed by atoms with E-state index in [0.717, 1.165) is 31.7 Å². The van der Waals surface area contributed by atoms with Crippen LogP contribution in [-0.4, -0.2) is 40.1 Å². The second kappa shape index (κ2) is 6.58. The van der Waals surface area contributed by atoms with Gasteiger partial charge in [0.1, 0.15) is 6.10 Å². The van der Waals surface area contributed by atoms with Crippen LogP contribution < -0.4 is 10.1 Å². The maximum absolute atomic E-state index is 12.9. The van der Waals surface area contributed by atoms with E-state index in [0.29, 0.717) is 23.0 Å². The molecule has 0 spiro atoms. The van der Waals surface area contributed by atoms with Crippen molar-refractivity contribution in [2.45, 2.75) is 58.1 Å². The molecule has 0 radical (unpaired) electrons. The molecule has 140 valence electrons. The summed E-state index contributed by atoms with van der Waals surface area (Å²) in [6.45, 7) is 7.64. The normalized spacial score (nSPS) is 18.9. The van der Waals surface area contributed by atoms with Gasteiger partial charge in [0.15, 0.2) is 5.65 Å². The number of rotatable bonds is 5. The Kier molecular flexibility index (Phi) is 4.39. The smallest absolute Gasteiger partial charge is 0.255 e. The molecule has 2 aliphatic rings. The minimum absolute atomic E-state index is 0.0699. The highest BCUT2D eigenvalue weighted by Crippen LogP contribution is 2.39. The largest absolute Gasteiger partial charge is 0.474 e. The van der Waals surface area contributed by atoms with E-state index in [9.17, 15) is 4.79 Å². The van der Waals surface area contributed by atoms with E-state index in [1.165, 1.54) is 12.8 Å². The Balaban J connectivity index is 1.59. The van der Waals surface area contributed by atoms with Crippen LogP contribution in [0, 0.1) is 12.8 Å². The maximum atomic E-state index is 12.9. The first-order valence-electron chi connectivity index (χ1n) is 9.49. The van der Waals surface area contributed by atoms with Crippen molar-refractivity contribution < 1.29 is 14.3 Å². The minimum Gasteiger partial charge on any atom is -0.474 e. The van der Waals surface area contributed by atoms with Crippen LogP contribution in [0.5, 0.6) is 5.88 Å². The SMILES string of the molecule is Cc1cc(OC2CCOCC2)nc2c(C(=O)NC(C)(C)C3CC3)ccn12. The number of carbonyl (C=O) groups excluding carboxylic acids is 1. The van der Waals surface area contributed by atoms with Gasteiger partial charge in [-0.1, -0.05) is 0 Å². The molecule has 26 heavy (non-hydrogen) atoms. The molecular formula is C20H27N3O3. The van der Waals surface area contributed by atoms with Gasteiger partial charge >= 0.3 is 0 Å². The second-order valence-electron chi connectivity index (χ2n) is 8.04. The summed E-state index contributed by atoms with van der Waals surface area (Å²) in [6, 6.07) is 3.77. The average Bonchev–Trinajstić information content (AvgIpc) is 3.36. The van der Waals surface area contributed by atoms with Crippen molar-refractivity contribution in [1.29, 1.82) is 0 Å². The number of ether oxygens (including phenoxy) is 2. The van der Waals surface area contributed by atoms with E-state index in [2.05, 4.69) is 24.1 Å². The van der Waals surface area contributed by atoms with Gasteiger partial charge in [-0.2, -0.15) is 4.98 Å². The van der Waals surface area contributed by atoms with Crippen molar-refractivity contribution in [2.24, 2.45) is 5.92 Å². The summed E-state index contributed by atoms with van der Waals surface area (Å²) in [5.74, 6) is 1.08. The van der Waals surface area contributed by atoms with Crippen LogP contribution in [0.2, 0.25) is 0 Å². The molecule has 2 fully saturated rings. The van der Waals surface area contributed by atoms with Crippen molar-refractivity contribution in [3.05, 3.63) is 29.6 Å². The summed E-state index contributed by atoms with van der Waals surface area (Å²) < 4.78 is 13.4. The van der Waals surface area contributed by atoms with Crippen LogP contribution in [0.4, 0.5) is 0 Å². The predicted octanol–water partition coefficient (Wildman–Crippen LogP) is 3.12. The number of amides is 1. The van der Waals surface area contributed by atoms with Crippen LogP contribution in [0.3, 0.4) is 0 Å². The molecule has 1 N–H and O–H groups in total. The fourth-order valence-electron chi connectivity index (χ4n) is 3.68. The number of hydrogen-bond acceptors (Lipinski definition) is 4. The molecule has 3 heterocycles. The highest BCUT2D eigenvalue weighted by Gasteiger charge is 2.39. The number of hydrogen-bond donors (Lipinski definition) is 1. The molecule has 1 aliphatic heterocycles. The van der Waals surface area contributed by atoms with Crippen molar-refractivity contribution in [2.75, 3.05) is 13.2 Å². The standard InChI is InChI=1S/C20H27N3O3/c1-13-12-17(26-15-7-10-25-11-8-15)21-18-16(6-9-23(13)18)19(24)22-20(2,3)14-4-5-14/h6,9,12,14-15H,4-5,7-8,10-11H2,1-3H3,(H,22,24). The third-order valence-electron chi connectivity index (χ3n) is 5.52. The van der Waals surface area contributed by atoms with E-state index in [-0.39, 0.29) is 17.6 Å². The highest BCUT2D eigenvalue weighted by molar-refractivity contribution is 6.00. The van der Waals surface area contributed by atoms with Gasteiger partial charge in [-0.3, -0.25) is 4.79 Å². The quantitative estimate of drug-likeness (QED) is 0.893. The number of aryl methyl sites for hydroxylation is 1. The topological polar surface area (TPSA) is 64.9 Å². The zero-order valence-electron chi connectivity index (χ0n) is 15.7. The molecule has 2 aromatic rings. The number of nitrogens with zero attached hydrogens (tertiary/aromatic N) is 2. The van der Waals surface area contributed by atoms with Gasteiger partial charge in [0.2, 0.25) is 5.88 Å². The lowest BCUT2D eigenvalue weighted by molar-refractivity contribution is 0.0238. The van der Waals surface area contributed by atoms with Crippen LogP contribution in [0.1, 0.15) is 55.6 Å². The number of carbonyl (C=O) groups is 1. The monoisotopic (exact) mass is 357 g/mol. The van der Waals surface area contributed by atoms with Crippen LogP contribution >= 0.6 is 0 Å². The lowest BCUT2D eigenvalue weighted by Gasteiger charge is -2.26. The maximum Gasteiger partial charge on any atom is 0.255 e. The number of aromatic nitrogens is 2. The predicted molar refractivity (Wildman–Crippen MR) is 98.7 cm³/mol. The molecule has 2 aromatic heterocycles. The lowest BCUT2D eigenvalue weighted by Crippen LogP contribution is -2.45. The Hall–Kier alpha value is -2.08. The Bertz CT molecular complexity index is 817. The lowest BCUT2D eigenvalue weighted by atomic mass is 9.98. The fraction of sp³-hybridized carbons (Fsp3) is 0.600. The summed E-state index contributed by atoms with van der Waals surface area (Å²) in [5.41, 5.74) is 2.06. The van der Waals surface area contributed by atoms with Gasteiger partial charge in [-0.05, 0) is 45.6 Å². The van der Waals surface area contributed by atoms with Crippen LogP contribution in [0.15, 0.2) is 18.3 Å². The summed E-state index contributed by atoms with van der Waals surface area (Å²) in [5, 5.41) is 3.18. The van der Waals surface area contributed by atoms with Crippen molar-refractivity contribution in [3.63, 3.8) is 0 Å². The molecule has 1 saturated carbocycles. The van der Waals surface area contributed by atoms with E-state index in [1.807, 2.05) is 29.7 Å². The van der Waals surface area contributed by atoms with Gasteiger partial charge in [0.05, 0.1) is 18.8 Å². The molecule has 6 heteroatoms. The van der Waals surface area contributed by atoms with Crippen molar-refractivity contribution in [3.8, 4) is 5.88 Å². The molecule has 4 rings (SSSR count). The van der Waals surface area contributed by atoms with Crippen molar-refractivity contribution in [1.82, 2.24) is 14.7 Å². The van der Waals surface area contributed by atoms with Gasteiger partial charge in [0.25, 0.3) is 5.91 Å². The number of nitrogens with one attached hydrogen (secondary N) is 1. The molecule has 0 atom stereocenters. The third-order valence-corrected chi connectivity index (χ3v) is 5.52. The first-order valence-corrected chi connectivity index (χ1v) is 9.49. The molecular weight excluding hydrogens is 330 g/mol. The Morgan fingerprint density at radius 3 is 2.73 bits per heavy atom. The summed E-state index contributed by atoms with van der Waals surface area (Å²) in [4.78, 5) is 17.5. The van der Waals surface area contributed by atoms with Crippen LogP contribution in [-0.2, 0) is 4.74 Å². The molecule has 0 unspecified atom stereocenters. The summed E-state index contributed by atoms with van der Waals surface area (Å²) in [6.07, 6.45) is 6.13. The summed E-state index contributed by atoms with van der Waals surface area (Å²) >= 11 is 0. The third kappa shape index (κ3) is 3.43. The highest BCUT2D eigenvalue weighted by atomic mass is 16.5. The molecule has 0 bridgehead atoms. The molecule has 6 nitrogen and oxygen atoms in total. The first kappa shape index (κ1) is 17.3. The van der Waals surface area contributed by atoms with E-state index >= 15 is 0 Å². The minimum atomic E-state index is -0.184. The first-order chi connectivity index (χ1) is 12.4. The van der Waals surface area contributed by atoms with Gasteiger partial charge in [-0.15, -0.1) is 0 Å². The zero-order chi connectivity index (χ0) is 18.3.